The Labute approximate surface area is 139 Å². The summed E-state index contributed by atoms with van der Waals surface area (Å²) in [5.74, 6) is -0.260. The molecule has 1 aliphatic carbocycles. The fourth-order valence-electron chi connectivity index (χ4n) is 2.19. The molecular weight excluding hydrogens is 302 g/mol. The van der Waals surface area contributed by atoms with Crippen molar-refractivity contribution in [2.24, 2.45) is 10.7 Å². The van der Waals surface area contributed by atoms with Gasteiger partial charge in [0.05, 0.1) is 22.8 Å². The molecule has 0 bridgehead atoms. The minimum atomic E-state index is -0.260. The van der Waals surface area contributed by atoms with E-state index in [-0.39, 0.29) is 11.5 Å². The van der Waals surface area contributed by atoms with Crippen LogP contribution in [0.3, 0.4) is 0 Å². The number of carbonyl (C=O) groups is 1. The number of nitrogen functional groups attached to an aromatic ring is 2. The summed E-state index contributed by atoms with van der Waals surface area (Å²) in [6, 6.07) is 14.3. The van der Waals surface area contributed by atoms with Gasteiger partial charge in [0.25, 0.3) is 0 Å². The number of rotatable bonds is 3. The Bertz CT molecular complexity index is 861. The zero-order valence-corrected chi connectivity index (χ0v) is 12.9. The summed E-state index contributed by atoms with van der Waals surface area (Å²) in [6.45, 7) is 0. The first-order valence-corrected chi connectivity index (χ1v) is 7.31. The lowest BCUT2D eigenvalue weighted by molar-refractivity contribution is -0.111. The molecule has 24 heavy (non-hydrogen) atoms. The van der Waals surface area contributed by atoms with Gasteiger partial charge in [0.1, 0.15) is 0 Å². The highest BCUT2D eigenvalue weighted by Crippen LogP contribution is 2.21. The highest BCUT2D eigenvalue weighted by Gasteiger charge is 2.17. The van der Waals surface area contributed by atoms with E-state index in [0.717, 1.165) is 5.69 Å². The quantitative estimate of drug-likeness (QED) is 0.511. The van der Waals surface area contributed by atoms with Gasteiger partial charge in [0.2, 0.25) is 5.78 Å². The number of nitrogens with one attached hydrogen (secondary N) is 1. The van der Waals surface area contributed by atoms with Crippen molar-refractivity contribution in [1.82, 2.24) is 0 Å². The number of benzene rings is 2. The molecule has 0 radical (unpaired) electrons. The Morgan fingerprint density at radius 2 is 1.38 bits per heavy atom. The summed E-state index contributed by atoms with van der Waals surface area (Å²) in [7, 11) is 0. The first-order valence-electron chi connectivity index (χ1n) is 7.31. The number of carbonyl (C=O) groups excluding carboxylic acids is 1. The SMILES string of the molecule is NC1=CC(=Nc2ccc(N)cc2)C(Nc2ccc(N)cc2)=CC1=O. The van der Waals surface area contributed by atoms with Crippen molar-refractivity contribution >= 4 is 34.2 Å². The van der Waals surface area contributed by atoms with Crippen LogP contribution in [-0.2, 0) is 4.79 Å². The summed E-state index contributed by atoms with van der Waals surface area (Å²) in [6.07, 6.45) is 2.99. The lowest BCUT2D eigenvalue weighted by atomic mass is 10.1. The average Bonchev–Trinajstić information content (AvgIpc) is 2.56. The topological polar surface area (TPSA) is 120 Å². The summed E-state index contributed by atoms with van der Waals surface area (Å²) >= 11 is 0. The Morgan fingerprint density at radius 1 is 0.792 bits per heavy atom. The Hall–Kier alpha value is -3.54. The third-order valence-corrected chi connectivity index (χ3v) is 3.46. The summed E-state index contributed by atoms with van der Waals surface area (Å²) in [4.78, 5) is 16.4. The number of hydrogen-bond donors (Lipinski definition) is 4. The smallest absolute Gasteiger partial charge is 0.203 e. The minimum Gasteiger partial charge on any atom is -0.399 e. The van der Waals surface area contributed by atoms with Crippen LogP contribution in [0.1, 0.15) is 0 Å². The van der Waals surface area contributed by atoms with Crippen molar-refractivity contribution in [1.29, 1.82) is 0 Å². The Kier molecular flexibility index (Phi) is 4.03. The molecule has 6 nitrogen and oxygen atoms in total. The van der Waals surface area contributed by atoms with Gasteiger partial charge in [0.15, 0.2) is 0 Å². The molecule has 3 rings (SSSR count). The Morgan fingerprint density at radius 3 is 2.00 bits per heavy atom. The van der Waals surface area contributed by atoms with E-state index in [0.29, 0.717) is 28.5 Å². The van der Waals surface area contributed by atoms with Crippen LogP contribution in [0.2, 0.25) is 0 Å². The molecule has 0 heterocycles. The molecule has 0 unspecified atom stereocenters. The largest absolute Gasteiger partial charge is 0.399 e. The summed E-state index contributed by atoms with van der Waals surface area (Å²) in [5, 5.41) is 3.17. The van der Waals surface area contributed by atoms with Gasteiger partial charge in [-0.3, -0.25) is 4.79 Å². The molecule has 0 atom stereocenters. The van der Waals surface area contributed by atoms with Crippen molar-refractivity contribution in [2.75, 3.05) is 16.8 Å². The van der Waals surface area contributed by atoms with Gasteiger partial charge in [-0.2, -0.15) is 0 Å². The maximum absolute atomic E-state index is 11.9. The summed E-state index contributed by atoms with van der Waals surface area (Å²) in [5.41, 5.74) is 21.2. The van der Waals surface area contributed by atoms with E-state index in [1.54, 1.807) is 42.5 Å². The number of nitrogens with two attached hydrogens (primary N) is 3. The standard InChI is InChI=1S/C18H17N5O/c19-11-1-5-13(6-2-11)22-16-9-15(21)18(24)10-17(16)23-14-7-3-12(20)4-8-14/h1-10,23H,19-21H2. The van der Waals surface area contributed by atoms with Crippen LogP contribution < -0.4 is 22.5 Å². The van der Waals surface area contributed by atoms with Crippen LogP contribution in [0.25, 0.3) is 0 Å². The third-order valence-electron chi connectivity index (χ3n) is 3.46. The maximum atomic E-state index is 11.9. The first kappa shape index (κ1) is 15.4. The van der Waals surface area contributed by atoms with Gasteiger partial charge in [-0.25, -0.2) is 4.99 Å². The molecule has 0 saturated carbocycles. The maximum Gasteiger partial charge on any atom is 0.203 e. The van der Waals surface area contributed by atoms with Gasteiger partial charge in [-0.15, -0.1) is 0 Å². The zero-order chi connectivity index (χ0) is 17.1. The van der Waals surface area contributed by atoms with Crippen molar-refractivity contribution in [3.63, 3.8) is 0 Å². The molecule has 120 valence electrons. The molecule has 0 amide bonds. The van der Waals surface area contributed by atoms with Crippen molar-refractivity contribution in [3.05, 3.63) is 72.1 Å². The average molecular weight is 319 g/mol. The molecule has 2 aromatic rings. The van der Waals surface area contributed by atoms with Crippen LogP contribution in [0.5, 0.6) is 0 Å². The number of nitrogens with zero attached hydrogens (tertiary/aromatic N) is 1. The first-order chi connectivity index (χ1) is 11.5. The Balaban J connectivity index is 1.94. The normalized spacial score (nSPS) is 15.8. The molecule has 0 aliphatic heterocycles. The number of hydrogen-bond acceptors (Lipinski definition) is 6. The van der Waals surface area contributed by atoms with Crippen LogP contribution >= 0.6 is 0 Å². The second-order valence-corrected chi connectivity index (χ2v) is 5.36. The fraction of sp³-hybridized carbons (Fsp3) is 0. The van der Waals surface area contributed by atoms with Gasteiger partial charge in [0, 0.05) is 23.1 Å². The molecule has 0 fully saturated rings. The molecule has 0 saturated heterocycles. The lowest BCUT2D eigenvalue weighted by Crippen LogP contribution is -2.22. The van der Waals surface area contributed by atoms with E-state index in [9.17, 15) is 4.79 Å². The van der Waals surface area contributed by atoms with E-state index in [4.69, 9.17) is 17.2 Å². The van der Waals surface area contributed by atoms with Crippen molar-refractivity contribution in [3.8, 4) is 0 Å². The predicted molar refractivity (Wildman–Crippen MR) is 97.8 cm³/mol. The van der Waals surface area contributed by atoms with E-state index in [2.05, 4.69) is 10.3 Å². The number of anilines is 3. The highest BCUT2D eigenvalue weighted by molar-refractivity contribution is 6.23. The number of aliphatic imine (C=N–C) groups is 1. The van der Waals surface area contributed by atoms with E-state index < -0.39 is 0 Å². The van der Waals surface area contributed by atoms with Gasteiger partial charge >= 0.3 is 0 Å². The van der Waals surface area contributed by atoms with Crippen molar-refractivity contribution in [2.45, 2.75) is 0 Å². The number of allylic oxidation sites excluding steroid dienone is 2. The second kappa shape index (κ2) is 6.29. The van der Waals surface area contributed by atoms with Crippen molar-refractivity contribution < 1.29 is 4.79 Å². The molecule has 6 heteroatoms. The highest BCUT2D eigenvalue weighted by atomic mass is 16.1. The van der Waals surface area contributed by atoms with E-state index in [1.165, 1.54) is 6.08 Å². The summed E-state index contributed by atoms with van der Waals surface area (Å²) < 4.78 is 0. The van der Waals surface area contributed by atoms with Gasteiger partial charge in [-0.05, 0) is 54.6 Å². The van der Waals surface area contributed by atoms with Crippen LogP contribution in [0.4, 0.5) is 22.7 Å². The molecule has 1 aliphatic rings. The third kappa shape index (κ3) is 3.44. The predicted octanol–water partition coefficient (Wildman–Crippen LogP) is 2.34. The molecule has 0 aromatic heterocycles. The van der Waals surface area contributed by atoms with Crippen LogP contribution in [0.15, 0.2) is 77.1 Å². The van der Waals surface area contributed by atoms with Crippen LogP contribution in [-0.4, -0.2) is 11.5 Å². The fourth-order valence-corrected chi connectivity index (χ4v) is 2.19. The monoisotopic (exact) mass is 319 g/mol. The zero-order valence-electron chi connectivity index (χ0n) is 12.9. The minimum absolute atomic E-state index is 0.145. The molecule has 0 spiro atoms. The molecular formula is C18H17N5O. The lowest BCUT2D eigenvalue weighted by Gasteiger charge is -2.16. The van der Waals surface area contributed by atoms with E-state index in [1.807, 2.05) is 12.1 Å². The van der Waals surface area contributed by atoms with Crippen LogP contribution in [0, 0.1) is 0 Å². The molecule has 7 N–H and O–H groups in total. The number of ketones is 1. The van der Waals surface area contributed by atoms with Gasteiger partial charge in [-0.1, -0.05) is 0 Å². The van der Waals surface area contributed by atoms with Gasteiger partial charge < -0.3 is 22.5 Å². The van der Waals surface area contributed by atoms with E-state index >= 15 is 0 Å². The second-order valence-electron chi connectivity index (χ2n) is 5.36. The molecule has 2 aromatic carbocycles.